The largest absolute Gasteiger partial charge is 0.251 e. The van der Waals surface area contributed by atoms with Crippen LogP contribution in [0.1, 0.15) is 39.0 Å². The molecule has 0 bridgehead atoms. The molecule has 0 nitrogen and oxygen atoms in total. The summed E-state index contributed by atoms with van der Waals surface area (Å²) in [6, 6.07) is 0.831. The van der Waals surface area contributed by atoms with Crippen molar-refractivity contribution in [2.75, 3.05) is 0 Å². The summed E-state index contributed by atoms with van der Waals surface area (Å²) in [7, 11) is 0. The van der Waals surface area contributed by atoms with Gasteiger partial charge in [-0.3, -0.25) is 0 Å². The fourth-order valence-electron chi connectivity index (χ4n) is 1.78. The van der Waals surface area contributed by atoms with Gasteiger partial charge >= 0.3 is 0 Å². The summed E-state index contributed by atoms with van der Waals surface area (Å²) in [5, 5.41) is 0. The van der Waals surface area contributed by atoms with Gasteiger partial charge < -0.3 is 0 Å². The van der Waals surface area contributed by atoms with E-state index in [1.807, 2.05) is 13.1 Å². The molecule has 0 saturated heterocycles. The van der Waals surface area contributed by atoms with Gasteiger partial charge in [-0.05, 0) is 24.7 Å². The minimum Gasteiger partial charge on any atom is -0.146 e. The van der Waals surface area contributed by atoms with Gasteiger partial charge in [-0.2, -0.15) is 0 Å². The molecule has 0 rings (SSSR count). The predicted octanol–water partition coefficient (Wildman–Crippen LogP) is 6.43. The van der Waals surface area contributed by atoms with E-state index < -0.39 is 13.4 Å². The molecule has 0 aromatic carbocycles. The molecule has 0 fully saturated rings. The van der Waals surface area contributed by atoms with Gasteiger partial charge in [-0.25, -0.2) is 0 Å². The highest BCUT2D eigenvalue weighted by Gasteiger charge is 2.38. The highest BCUT2D eigenvalue weighted by atomic mass is 35.7. The van der Waals surface area contributed by atoms with Gasteiger partial charge in [0.25, 0.3) is 6.69 Å². The number of hydrogen-bond acceptors (Lipinski definition) is 0. The minimum atomic E-state index is -2.15. The Hall–Kier alpha value is 1.59. The zero-order chi connectivity index (χ0) is 12.8. The second-order valence-corrected chi connectivity index (χ2v) is 20.9. The highest BCUT2D eigenvalue weighted by molar-refractivity contribution is 7.48. The number of unbranched alkanes of at least 4 members (excludes halogenated alkanes) is 3. The Balaban J connectivity index is 4.13. The molecule has 0 saturated carbocycles. The lowest BCUT2D eigenvalue weighted by Gasteiger charge is -2.27. The van der Waals surface area contributed by atoms with E-state index in [-0.39, 0.29) is 0 Å². The van der Waals surface area contributed by atoms with Gasteiger partial charge in [0.2, 0.25) is 6.69 Å². The van der Waals surface area contributed by atoms with Crippen molar-refractivity contribution in [3.05, 3.63) is 0 Å². The molecule has 0 aliphatic rings. The first-order chi connectivity index (χ1) is 7.17. The molecule has 0 radical (unpaired) electrons. The predicted molar refractivity (Wildman–Crippen MR) is 84.0 cm³/mol. The van der Waals surface area contributed by atoms with Gasteiger partial charge in [-0.15, -0.1) is 44.3 Å². The van der Waals surface area contributed by atoms with Crippen LogP contribution in [-0.2, 0) is 0 Å². The molecule has 0 aliphatic heterocycles. The summed E-state index contributed by atoms with van der Waals surface area (Å²) in [4.78, 5) is 0. The zero-order valence-corrected chi connectivity index (χ0v) is 15.4. The molecule has 1 unspecified atom stereocenters. The van der Waals surface area contributed by atoms with E-state index in [2.05, 4.69) is 6.92 Å². The van der Waals surface area contributed by atoms with Crippen molar-refractivity contribution in [3.8, 4) is 0 Å². The van der Waals surface area contributed by atoms with Gasteiger partial charge in [0.05, 0.1) is 0 Å². The Morgan fingerprint density at radius 3 is 1.88 bits per heavy atom. The quantitative estimate of drug-likeness (QED) is 0.271. The molecule has 0 heterocycles. The lowest BCUT2D eigenvalue weighted by atomic mass is 10.1. The van der Waals surface area contributed by atoms with Gasteiger partial charge in [-0.1, -0.05) is 39.0 Å². The lowest BCUT2D eigenvalue weighted by molar-refractivity contribution is 0.619. The van der Waals surface area contributed by atoms with Crippen molar-refractivity contribution in [1.82, 2.24) is 0 Å². The first-order valence-electron chi connectivity index (χ1n) is 5.92. The van der Waals surface area contributed by atoms with Crippen molar-refractivity contribution in [2.24, 2.45) is 0 Å². The van der Waals surface area contributed by atoms with E-state index in [1.54, 1.807) is 0 Å². The summed E-state index contributed by atoms with van der Waals surface area (Å²) >= 11 is 25.0. The van der Waals surface area contributed by atoms with E-state index in [4.69, 9.17) is 44.3 Å². The first kappa shape index (κ1) is 17.6. The smallest absolute Gasteiger partial charge is 0.146 e. The van der Waals surface area contributed by atoms with E-state index >= 15 is 0 Å². The van der Waals surface area contributed by atoms with E-state index in [1.165, 1.54) is 25.7 Å². The average Bonchev–Trinajstić information content (AvgIpc) is 2.06. The van der Waals surface area contributed by atoms with Gasteiger partial charge in [0.1, 0.15) is 0 Å². The summed E-state index contributed by atoms with van der Waals surface area (Å²) in [5.41, 5.74) is 0.347. The Kier molecular flexibility index (Phi) is 8.69. The fraction of sp³-hybridized carbons (Fsp3) is 1.00. The monoisotopic (exact) mass is 338 g/mol. The molecule has 1 atom stereocenters. The van der Waals surface area contributed by atoms with Crippen molar-refractivity contribution < 1.29 is 0 Å². The Bertz CT molecular complexity index is 186. The third kappa shape index (κ3) is 9.61. The van der Waals surface area contributed by atoms with Crippen LogP contribution in [0.15, 0.2) is 0 Å². The van der Waals surface area contributed by atoms with Crippen molar-refractivity contribution >= 4 is 57.7 Å². The van der Waals surface area contributed by atoms with E-state index in [0.29, 0.717) is 5.54 Å². The maximum absolute atomic E-state index is 6.33. The van der Waals surface area contributed by atoms with Gasteiger partial charge in [0, 0.05) is 0 Å². The SMILES string of the molecule is CCCCCCC(C[Si](C)(Cl)Cl)[Si](C)(Cl)Cl. The maximum atomic E-state index is 6.33. The second-order valence-electron chi connectivity index (χ2n) is 4.78. The van der Waals surface area contributed by atoms with Crippen molar-refractivity contribution in [3.63, 3.8) is 0 Å². The summed E-state index contributed by atoms with van der Waals surface area (Å²) in [5.74, 6) is 0. The molecule has 0 N–H and O–H groups in total. The fourth-order valence-corrected chi connectivity index (χ4v) is 10.2. The van der Waals surface area contributed by atoms with E-state index in [0.717, 1.165) is 12.5 Å². The van der Waals surface area contributed by atoms with Crippen LogP contribution in [0, 0.1) is 0 Å². The molecule has 98 valence electrons. The van der Waals surface area contributed by atoms with Crippen LogP contribution in [0.4, 0.5) is 0 Å². The Morgan fingerprint density at radius 2 is 1.50 bits per heavy atom. The normalized spacial score (nSPS) is 15.2. The Morgan fingerprint density at radius 1 is 0.938 bits per heavy atom. The third-order valence-corrected chi connectivity index (χ3v) is 9.05. The molecule has 0 aromatic heterocycles. The van der Waals surface area contributed by atoms with Crippen LogP contribution in [-0.4, -0.2) is 13.4 Å². The van der Waals surface area contributed by atoms with Crippen LogP contribution in [0.3, 0.4) is 0 Å². The zero-order valence-electron chi connectivity index (χ0n) is 10.3. The number of rotatable bonds is 8. The topological polar surface area (TPSA) is 0 Å². The summed E-state index contributed by atoms with van der Waals surface area (Å²) in [6.07, 6.45) is 6.06. The van der Waals surface area contributed by atoms with Crippen LogP contribution in [0.2, 0.25) is 24.7 Å². The van der Waals surface area contributed by atoms with E-state index in [9.17, 15) is 0 Å². The first-order valence-corrected chi connectivity index (χ1v) is 15.3. The third-order valence-electron chi connectivity index (χ3n) is 2.73. The highest BCUT2D eigenvalue weighted by Crippen LogP contribution is 2.42. The molecule has 0 aromatic rings. The van der Waals surface area contributed by atoms with Crippen molar-refractivity contribution in [2.45, 2.75) is 63.7 Å². The second kappa shape index (κ2) is 7.90. The summed E-state index contributed by atoms with van der Waals surface area (Å²) < 4.78 is 0. The Labute approximate surface area is 121 Å². The molecule has 0 spiro atoms. The molecule has 16 heavy (non-hydrogen) atoms. The van der Waals surface area contributed by atoms with Crippen LogP contribution >= 0.6 is 44.3 Å². The molecular weight excluding hydrogens is 318 g/mol. The van der Waals surface area contributed by atoms with Crippen LogP contribution < -0.4 is 0 Å². The molecule has 0 aliphatic carbocycles. The number of hydrogen-bond donors (Lipinski definition) is 0. The van der Waals surface area contributed by atoms with Gasteiger partial charge in [0.15, 0.2) is 0 Å². The van der Waals surface area contributed by atoms with Crippen LogP contribution in [0.5, 0.6) is 0 Å². The molecule has 6 heteroatoms. The van der Waals surface area contributed by atoms with Crippen molar-refractivity contribution in [1.29, 1.82) is 0 Å². The lowest BCUT2D eigenvalue weighted by Crippen LogP contribution is -2.28. The molecule has 0 amide bonds. The van der Waals surface area contributed by atoms with Crippen LogP contribution in [0.25, 0.3) is 0 Å². The summed E-state index contributed by atoms with van der Waals surface area (Å²) in [6.45, 7) is 1.90. The maximum Gasteiger partial charge on any atom is 0.251 e. The minimum absolute atomic E-state index is 0.347. The average molecular weight is 340 g/mol. The standard InChI is InChI=1S/C10H22Cl4Si2/c1-4-5-6-7-8-10(16(3,13)14)9-15(2,11)12/h10H,4-9H2,1-3H3. The number of halogens is 4. The molecular formula is C10H22Cl4Si2.